The zero-order valence-electron chi connectivity index (χ0n) is 11.0. The molecule has 0 bridgehead atoms. The number of rotatable bonds is 3. The van der Waals surface area contributed by atoms with Gasteiger partial charge >= 0.3 is 11.8 Å². The van der Waals surface area contributed by atoms with E-state index in [1.54, 1.807) is 4.90 Å². The van der Waals surface area contributed by atoms with Gasteiger partial charge in [0.2, 0.25) is 0 Å². The van der Waals surface area contributed by atoms with Gasteiger partial charge in [-0.25, -0.2) is 0 Å². The van der Waals surface area contributed by atoms with Gasteiger partial charge in [0.15, 0.2) is 0 Å². The highest BCUT2D eigenvalue weighted by atomic mass is 16.2. The van der Waals surface area contributed by atoms with Crippen molar-refractivity contribution in [2.24, 2.45) is 5.92 Å². The van der Waals surface area contributed by atoms with Crippen molar-refractivity contribution in [1.82, 2.24) is 10.2 Å². The van der Waals surface area contributed by atoms with Gasteiger partial charge in [0.25, 0.3) is 0 Å². The van der Waals surface area contributed by atoms with Crippen molar-refractivity contribution in [3.05, 3.63) is 0 Å². The summed E-state index contributed by atoms with van der Waals surface area (Å²) in [6, 6.07) is 0. The van der Waals surface area contributed by atoms with Gasteiger partial charge in [-0.3, -0.25) is 9.59 Å². The van der Waals surface area contributed by atoms with Crippen LogP contribution in [0.15, 0.2) is 0 Å². The monoisotopic (exact) mass is 240 g/mol. The van der Waals surface area contributed by atoms with Crippen molar-refractivity contribution < 1.29 is 9.59 Å². The van der Waals surface area contributed by atoms with E-state index in [1.807, 2.05) is 0 Å². The summed E-state index contributed by atoms with van der Waals surface area (Å²) in [5.41, 5.74) is 0. The molecule has 1 aliphatic rings. The molecule has 4 nitrogen and oxygen atoms in total. The maximum atomic E-state index is 11.8. The predicted octanol–water partition coefficient (Wildman–Crippen LogP) is 1.55. The number of amides is 2. The van der Waals surface area contributed by atoms with Gasteiger partial charge in [0, 0.05) is 19.6 Å². The van der Waals surface area contributed by atoms with Gasteiger partial charge < -0.3 is 10.2 Å². The van der Waals surface area contributed by atoms with Crippen LogP contribution < -0.4 is 5.32 Å². The van der Waals surface area contributed by atoms with Gasteiger partial charge in [0.1, 0.15) is 0 Å². The van der Waals surface area contributed by atoms with E-state index >= 15 is 0 Å². The Labute approximate surface area is 104 Å². The Hall–Kier alpha value is -1.06. The van der Waals surface area contributed by atoms with Crippen LogP contribution >= 0.6 is 0 Å². The lowest BCUT2D eigenvalue weighted by molar-refractivity contribution is -0.145. The van der Waals surface area contributed by atoms with Crippen LogP contribution in [-0.2, 0) is 9.59 Å². The lowest BCUT2D eigenvalue weighted by Gasteiger charge is -2.19. The molecule has 1 rings (SSSR count). The average molecular weight is 240 g/mol. The minimum absolute atomic E-state index is 0.351. The highest BCUT2D eigenvalue weighted by Crippen LogP contribution is 2.09. The SMILES string of the molecule is CC(C)CCNC(=O)C(=O)N1CCCCCC1. The van der Waals surface area contributed by atoms with Crippen molar-refractivity contribution in [2.45, 2.75) is 46.0 Å². The Morgan fingerprint density at radius 3 is 2.24 bits per heavy atom. The van der Waals surface area contributed by atoms with Crippen molar-refractivity contribution in [2.75, 3.05) is 19.6 Å². The molecule has 0 aromatic rings. The Bertz CT molecular complexity index is 256. The van der Waals surface area contributed by atoms with Gasteiger partial charge in [-0.2, -0.15) is 0 Å². The number of likely N-dealkylation sites (tertiary alicyclic amines) is 1. The zero-order valence-corrected chi connectivity index (χ0v) is 11.0. The molecule has 98 valence electrons. The van der Waals surface area contributed by atoms with Crippen LogP contribution in [0.5, 0.6) is 0 Å². The first-order valence-corrected chi connectivity index (χ1v) is 6.68. The number of carbonyl (C=O) groups is 2. The molecule has 1 aliphatic heterocycles. The normalized spacial score (nSPS) is 16.8. The number of nitrogens with one attached hydrogen (secondary N) is 1. The molecule has 0 aromatic carbocycles. The molecule has 4 heteroatoms. The molecule has 0 saturated carbocycles. The summed E-state index contributed by atoms with van der Waals surface area (Å²) >= 11 is 0. The first-order chi connectivity index (χ1) is 8.11. The van der Waals surface area contributed by atoms with E-state index in [0.717, 1.165) is 32.4 Å². The van der Waals surface area contributed by atoms with Crippen LogP contribution in [0.2, 0.25) is 0 Å². The smallest absolute Gasteiger partial charge is 0.311 e. The molecule has 0 spiro atoms. The number of hydrogen-bond acceptors (Lipinski definition) is 2. The first-order valence-electron chi connectivity index (χ1n) is 6.68. The molecule has 1 fully saturated rings. The Kier molecular flexibility index (Phi) is 6.01. The molecule has 0 radical (unpaired) electrons. The predicted molar refractivity (Wildman–Crippen MR) is 67.5 cm³/mol. The third-order valence-corrected chi connectivity index (χ3v) is 3.09. The molecule has 2 amide bonds. The largest absolute Gasteiger partial charge is 0.348 e. The molecule has 0 aliphatic carbocycles. The number of carbonyl (C=O) groups excluding carboxylic acids is 2. The van der Waals surface area contributed by atoms with Crippen LogP contribution in [0.25, 0.3) is 0 Å². The first kappa shape index (κ1) is 14.0. The van der Waals surface area contributed by atoms with Crippen LogP contribution in [0, 0.1) is 5.92 Å². The summed E-state index contributed by atoms with van der Waals surface area (Å²) in [5.74, 6) is -0.244. The van der Waals surface area contributed by atoms with Crippen LogP contribution in [0.3, 0.4) is 0 Å². The molecule has 0 aromatic heterocycles. The Morgan fingerprint density at radius 1 is 1.12 bits per heavy atom. The van der Waals surface area contributed by atoms with Crippen LogP contribution in [0.1, 0.15) is 46.0 Å². The van der Waals surface area contributed by atoms with E-state index < -0.39 is 5.91 Å². The fourth-order valence-electron chi connectivity index (χ4n) is 1.97. The second kappa shape index (κ2) is 7.30. The third-order valence-electron chi connectivity index (χ3n) is 3.09. The summed E-state index contributed by atoms with van der Waals surface area (Å²) in [4.78, 5) is 25.2. The van der Waals surface area contributed by atoms with Crippen molar-refractivity contribution in [3.63, 3.8) is 0 Å². The molecule has 1 heterocycles. The Balaban J connectivity index is 2.31. The summed E-state index contributed by atoms with van der Waals surface area (Å²) in [7, 11) is 0. The van der Waals surface area contributed by atoms with Gasteiger partial charge in [-0.15, -0.1) is 0 Å². The molecule has 1 saturated heterocycles. The summed E-state index contributed by atoms with van der Waals surface area (Å²) in [6.07, 6.45) is 5.28. The van der Waals surface area contributed by atoms with Gasteiger partial charge in [-0.1, -0.05) is 26.7 Å². The van der Waals surface area contributed by atoms with Crippen LogP contribution in [-0.4, -0.2) is 36.3 Å². The quantitative estimate of drug-likeness (QED) is 0.761. The molecular weight excluding hydrogens is 216 g/mol. The molecular formula is C13H24N2O2. The number of hydrogen-bond donors (Lipinski definition) is 1. The minimum Gasteiger partial charge on any atom is -0.348 e. The molecule has 0 atom stereocenters. The topological polar surface area (TPSA) is 49.4 Å². The average Bonchev–Trinajstić information content (AvgIpc) is 2.55. The standard InChI is InChI=1S/C13H24N2O2/c1-11(2)7-8-14-12(16)13(17)15-9-5-3-4-6-10-15/h11H,3-10H2,1-2H3,(H,14,16). The van der Waals surface area contributed by atoms with Gasteiger partial charge in [0.05, 0.1) is 0 Å². The number of nitrogens with zero attached hydrogens (tertiary/aromatic N) is 1. The maximum absolute atomic E-state index is 11.8. The van der Waals surface area contributed by atoms with E-state index in [-0.39, 0.29) is 5.91 Å². The highest BCUT2D eigenvalue weighted by molar-refractivity contribution is 6.35. The maximum Gasteiger partial charge on any atom is 0.311 e. The van der Waals surface area contributed by atoms with E-state index in [4.69, 9.17) is 0 Å². The zero-order chi connectivity index (χ0) is 12.7. The van der Waals surface area contributed by atoms with Crippen molar-refractivity contribution in [1.29, 1.82) is 0 Å². The fourth-order valence-corrected chi connectivity index (χ4v) is 1.97. The molecule has 17 heavy (non-hydrogen) atoms. The van der Waals surface area contributed by atoms with E-state index in [0.29, 0.717) is 12.5 Å². The van der Waals surface area contributed by atoms with Crippen LogP contribution in [0.4, 0.5) is 0 Å². The Morgan fingerprint density at radius 2 is 1.71 bits per heavy atom. The molecule has 1 N–H and O–H groups in total. The summed E-state index contributed by atoms with van der Waals surface area (Å²) in [6.45, 7) is 6.26. The van der Waals surface area contributed by atoms with Gasteiger partial charge in [-0.05, 0) is 25.2 Å². The second-order valence-corrected chi connectivity index (χ2v) is 5.14. The molecule has 0 unspecified atom stereocenters. The summed E-state index contributed by atoms with van der Waals surface area (Å²) < 4.78 is 0. The third kappa shape index (κ3) is 5.20. The van der Waals surface area contributed by atoms with E-state index in [1.165, 1.54) is 12.8 Å². The van der Waals surface area contributed by atoms with Crippen molar-refractivity contribution >= 4 is 11.8 Å². The minimum atomic E-state index is -0.437. The highest BCUT2D eigenvalue weighted by Gasteiger charge is 2.21. The summed E-state index contributed by atoms with van der Waals surface area (Å²) in [5, 5.41) is 2.70. The fraction of sp³-hybridized carbons (Fsp3) is 0.846. The lowest BCUT2D eigenvalue weighted by atomic mass is 10.1. The van der Waals surface area contributed by atoms with Crippen molar-refractivity contribution in [3.8, 4) is 0 Å². The van der Waals surface area contributed by atoms with E-state index in [9.17, 15) is 9.59 Å². The van der Waals surface area contributed by atoms with E-state index in [2.05, 4.69) is 19.2 Å². The second-order valence-electron chi connectivity index (χ2n) is 5.14. The lowest BCUT2D eigenvalue weighted by Crippen LogP contribution is -2.43.